The molecule has 0 spiro atoms. The summed E-state index contributed by atoms with van der Waals surface area (Å²) >= 11 is 6.54. The van der Waals surface area contributed by atoms with Gasteiger partial charge >= 0.3 is 0 Å². The second-order valence-corrected chi connectivity index (χ2v) is 11.8. The first-order chi connectivity index (χ1) is 16.8. The van der Waals surface area contributed by atoms with Crippen molar-refractivity contribution in [2.75, 3.05) is 0 Å². The van der Waals surface area contributed by atoms with Crippen LogP contribution in [0, 0.1) is 33.3 Å². The van der Waals surface area contributed by atoms with Crippen LogP contribution in [0.4, 0.5) is 5.69 Å². The van der Waals surface area contributed by atoms with Gasteiger partial charge < -0.3 is 4.42 Å². The Hall–Kier alpha value is -2.98. The monoisotopic (exact) mass is 509 g/mol. The lowest BCUT2D eigenvalue weighted by molar-refractivity contribution is -0.384. The smallest absolute Gasteiger partial charge is 0.285 e. The first-order valence-electron chi connectivity index (χ1n) is 11.7. The van der Waals surface area contributed by atoms with Gasteiger partial charge in [0.25, 0.3) is 11.6 Å². The van der Waals surface area contributed by atoms with Crippen LogP contribution in [0.2, 0.25) is 0 Å². The molecule has 5 aliphatic rings. The highest BCUT2D eigenvalue weighted by Crippen LogP contribution is 2.60. The molecule has 1 aromatic heterocycles. The number of nitro groups is 1. The van der Waals surface area contributed by atoms with E-state index in [1.54, 1.807) is 30.3 Å². The van der Waals surface area contributed by atoms with Gasteiger partial charge in [-0.1, -0.05) is 11.8 Å². The lowest BCUT2D eigenvalue weighted by Gasteiger charge is -2.55. The molecule has 1 saturated heterocycles. The maximum absolute atomic E-state index is 13.4. The molecule has 0 unspecified atom stereocenters. The van der Waals surface area contributed by atoms with Crippen molar-refractivity contribution in [3.05, 3.63) is 57.2 Å². The topological polar surface area (TPSA) is 106 Å². The molecule has 1 N–H and O–H groups in total. The van der Waals surface area contributed by atoms with Crippen molar-refractivity contribution in [3.8, 4) is 11.3 Å². The third kappa shape index (κ3) is 3.98. The molecule has 2 heterocycles. The normalized spacial score (nSPS) is 30.3. The summed E-state index contributed by atoms with van der Waals surface area (Å²) in [6.45, 7) is 0. The van der Waals surface area contributed by atoms with Gasteiger partial charge in [0.1, 0.15) is 11.5 Å². The SMILES string of the molecule is O=C1/C(=C\c2ccc(-c3ccc([N+](=O)[O-])cc3)o2)SC(=S)N1NC(=O)C12CC3CC(CC(C3)C1)C2. The lowest BCUT2D eigenvalue weighted by atomic mass is 9.49. The minimum Gasteiger partial charge on any atom is -0.457 e. The van der Waals surface area contributed by atoms with E-state index in [0.29, 0.717) is 44.1 Å². The second kappa shape index (κ2) is 8.30. The number of furan rings is 1. The van der Waals surface area contributed by atoms with E-state index in [4.69, 9.17) is 16.6 Å². The number of carbonyl (C=O) groups is 2. The fourth-order valence-electron chi connectivity index (χ4n) is 6.64. The third-order valence-corrected chi connectivity index (χ3v) is 9.09. The molecule has 4 aliphatic carbocycles. The van der Waals surface area contributed by atoms with Crippen molar-refractivity contribution in [3.63, 3.8) is 0 Å². The van der Waals surface area contributed by atoms with Crippen LogP contribution in [0.15, 0.2) is 45.7 Å². The molecule has 2 aromatic rings. The van der Waals surface area contributed by atoms with Crippen LogP contribution < -0.4 is 5.43 Å². The highest BCUT2D eigenvalue weighted by atomic mass is 32.2. The molecule has 4 bridgehead atoms. The van der Waals surface area contributed by atoms with E-state index in [1.165, 1.54) is 36.4 Å². The minimum atomic E-state index is -0.457. The summed E-state index contributed by atoms with van der Waals surface area (Å²) in [7, 11) is 0. The lowest BCUT2D eigenvalue weighted by Crippen LogP contribution is -2.57. The van der Waals surface area contributed by atoms with E-state index >= 15 is 0 Å². The molecule has 0 radical (unpaired) electrons. The third-order valence-electron chi connectivity index (χ3n) is 7.79. The molecule has 0 atom stereocenters. The Kier molecular flexibility index (Phi) is 5.33. The van der Waals surface area contributed by atoms with Crippen molar-refractivity contribution in [1.29, 1.82) is 0 Å². The Morgan fingerprint density at radius 2 is 1.74 bits per heavy atom. The van der Waals surface area contributed by atoms with Crippen molar-refractivity contribution in [2.24, 2.45) is 23.2 Å². The summed E-state index contributed by atoms with van der Waals surface area (Å²) in [5.74, 6) is 2.41. The van der Waals surface area contributed by atoms with E-state index in [2.05, 4.69) is 5.43 Å². The summed E-state index contributed by atoms with van der Waals surface area (Å²) in [6.07, 6.45) is 8.04. The van der Waals surface area contributed by atoms with E-state index in [9.17, 15) is 19.7 Å². The number of non-ortho nitro benzene ring substituents is 1. The number of nitrogens with one attached hydrogen (secondary N) is 1. The van der Waals surface area contributed by atoms with E-state index < -0.39 is 4.92 Å². The summed E-state index contributed by atoms with van der Waals surface area (Å²) < 4.78 is 6.13. The Balaban J connectivity index is 1.16. The largest absolute Gasteiger partial charge is 0.457 e. The van der Waals surface area contributed by atoms with Gasteiger partial charge in [-0.15, -0.1) is 0 Å². The number of carbonyl (C=O) groups excluding carboxylic acids is 2. The summed E-state index contributed by atoms with van der Waals surface area (Å²) in [4.78, 5) is 37.2. The molecule has 7 rings (SSSR count). The zero-order chi connectivity index (χ0) is 24.3. The maximum Gasteiger partial charge on any atom is 0.285 e. The number of hydrogen-bond donors (Lipinski definition) is 1. The molecule has 180 valence electrons. The average molecular weight is 510 g/mol. The van der Waals surface area contributed by atoms with Crippen LogP contribution in [-0.4, -0.2) is 26.1 Å². The maximum atomic E-state index is 13.4. The predicted octanol–water partition coefficient (Wildman–Crippen LogP) is 5.30. The quantitative estimate of drug-likeness (QED) is 0.252. The number of hydrazine groups is 1. The Bertz CT molecular complexity index is 1250. The van der Waals surface area contributed by atoms with E-state index in [0.717, 1.165) is 31.0 Å². The number of thiocarbonyl (C=S) groups is 1. The second-order valence-electron chi connectivity index (χ2n) is 10.2. The van der Waals surface area contributed by atoms with Gasteiger partial charge in [0.05, 0.1) is 15.2 Å². The highest BCUT2D eigenvalue weighted by molar-refractivity contribution is 8.26. The van der Waals surface area contributed by atoms with Gasteiger partial charge in [0.15, 0.2) is 4.32 Å². The molecular weight excluding hydrogens is 486 g/mol. The van der Waals surface area contributed by atoms with Gasteiger partial charge in [-0.25, -0.2) is 0 Å². The number of hydrogen-bond acceptors (Lipinski definition) is 7. The van der Waals surface area contributed by atoms with Crippen molar-refractivity contribution < 1.29 is 18.9 Å². The summed E-state index contributed by atoms with van der Waals surface area (Å²) in [5, 5.41) is 12.1. The molecule has 35 heavy (non-hydrogen) atoms. The van der Waals surface area contributed by atoms with Crippen LogP contribution in [0.25, 0.3) is 17.4 Å². The number of benzene rings is 1. The van der Waals surface area contributed by atoms with Gasteiger partial charge in [0, 0.05) is 23.8 Å². The fourth-order valence-corrected chi connectivity index (χ4v) is 7.79. The number of thioether (sulfide) groups is 1. The molecule has 8 nitrogen and oxygen atoms in total. The van der Waals surface area contributed by atoms with E-state index in [-0.39, 0.29) is 22.9 Å². The van der Waals surface area contributed by atoms with Crippen molar-refractivity contribution >= 4 is 51.9 Å². The molecular formula is C25H23N3O5S2. The minimum absolute atomic E-state index is 0.000190. The van der Waals surface area contributed by atoms with Crippen molar-refractivity contribution in [2.45, 2.75) is 38.5 Å². The number of nitrogens with zero attached hydrogens (tertiary/aromatic N) is 2. The van der Waals surface area contributed by atoms with Gasteiger partial charge in [0.2, 0.25) is 5.91 Å². The van der Waals surface area contributed by atoms with Gasteiger partial charge in [-0.3, -0.25) is 25.1 Å². The number of amides is 2. The Labute approximate surface area is 211 Å². The van der Waals surface area contributed by atoms with Crippen LogP contribution in [-0.2, 0) is 9.59 Å². The Morgan fingerprint density at radius 1 is 1.11 bits per heavy atom. The summed E-state index contributed by atoms with van der Waals surface area (Å²) in [5.41, 5.74) is 3.17. The number of nitro benzene ring substituents is 1. The van der Waals surface area contributed by atoms with Crippen LogP contribution >= 0.6 is 24.0 Å². The molecule has 1 aliphatic heterocycles. The standard InChI is InChI=1S/C25H23N3O5S2/c29-22-21(10-19-5-6-20(33-19)17-1-3-18(4-2-17)28(31)32)35-24(34)27(22)26-23(30)25-11-14-7-15(12-25)9-16(8-14)13-25/h1-6,10,14-16H,7-9,11-13H2,(H,26,30)/b21-10+. The first-order valence-corrected chi connectivity index (χ1v) is 13.0. The van der Waals surface area contributed by atoms with Crippen LogP contribution in [0.3, 0.4) is 0 Å². The average Bonchev–Trinajstić information content (AvgIpc) is 3.38. The van der Waals surface area contributed by atoms with E-state index in [1.807, 2.05) is 0 Å². The fraction of sp³-hybridized carbons (Fsp3) is 0.400. The highest BCUT2D eigenvalue weighted by Gasteiger charge is 2.55. The molecule has 1 aromatic carbocycles. The predicted molar refractivity (Wildman–Crippen MR) is 135 cm³/mol. The molecule has 4 saturated carbocycles. The zero-order valence-corrected chi connectivity index (χ0v) is 20.4. The Morgan fingerprint density at radius 3 is 2.34 bits per heavy atom. The van der Waals surface area contributed by atoms with Crippen molar-refractivity contribution in [1.82, 2.24) is 10.4 Å². The van der Waals surface area contributed by atoms with Crippen LogP contribution in [0.5, 0.6) is 0 Å². The van der Waals surface area contributed by atoms with Crippen LogP contribution in [0.1, 0.15) is 44.3 Å². The molecule has 10 heteroatoms. The summed E-state index contributed by atoms with van der Waals surface area (Å²) in [6, 6.07) is 9.50. The van der Waals surface area contributed by atoms with Gasteiger partial charge in [-0.2, -0.15) is 5.01 Å². The van der Waals surface area contributed by atoms with Gasteiger partial charge in [-0.05, 0) is 92.8 Å². The molecule has 5 fully saturated rings. The number of rotatable bonds is 5. The molecule has 2 amide bonds. The first kappa shape index (κ1) is 22.5. The zero-order valence-electron chi connectivity index (χ0n) is 18.8.